The van der Waals surface area contributed by atoms with Crippen LogP contribution in [-0.4, -0.2) is 21.0 Å². The van der Waals surface area contributed by atoms with Gasteiger partial charge in [-0.25, -0.2) is 4.79 Å². The molecular formula is C14H15N3O2. The summed E-state index contributed by atoms with van der Waals surface area (Å²) in [5.74, 6) is -0.973. The lowest BCUT2D eigenvalue weighted by Gasteiger charge is -2.12. The predicted molar refractivity (Wildman–Crippen MR) is 72.2 cm³/mol. The van der Waals surface area contributed by atoms with Gasteiger partial charge in [-0.2, -0.15) is 0 Å². The number of hydrogen-bond acceptors (Lipinski definition) is 4. The summed E-state index contributed by atoms with van der Waals surface area (Å²) in [6, 6.07) is 5.52. The Morgan fingerprint density at radius 1 is 1.42 bits per heavy atom. The fraction of sp³-hybridized carbons (Fsp3) is 0.214. The maximum absolute atomic E-state index is 11.3. The van der Waals surface area contributed by atoms with Crippen molar-refractivity contribution in [3.8, 4) is 0 Å². The van der Waals surface area contributed by atoms with E-state index in [1.165, 1.54) is 0 Å². The molecule has 98 valence electrons. The molecule has 0 saturated carbocycles. The van der Waals surface area contributed by atoms with Crippen LogP contribution in [0.1, 0.15) is 27.3 Å². The molecule has 0 spiro atoms. The van der Waals surface area contributed by atoms with Gasteiger partial charge >= 0.3 is 5.97 Å². The average molecular weight is 257 g/mol. The van der Waals surface area contributed by atoms with Gasteiger partial charge in [-0.3, -0.25) is 9.97 Å². The van der Waals surface area contributed by atoms with Crippen LogP contribution in [0.25, 0.3) is 0 Å². The molecule has 2 aromatic rings. The maximum Gasteiger partial charge on any atom is 0.339 e. The fourth-order valence-electron chi connectivity index (χ4n) is 1.94. The molecule has 0 atom stereocenters. The summed E-state index contributed by atoms with van der Waals surface area (Å²) in [6.07, 6.45) is 3.45. The summed E-state index contributed by atoms with van der Waals surface area (Å²) < 4.78 is 0. The smallest absolute Gasteiger partial charge is 0.339 e. The lowest BCUT2D eigenvalue weighted by Crippen LogP contribution is -2.10. The van der Waals surface area contributed by atoms with Gasteiger partial charge in [-0.05, 0) is 31.5 Å². The number of nitrogens with one attached hydrogen (secondary N) is 1. The second-order valence-corrected chi connectivity index (χ2v) is 4.29. The number of pyridine rings is 2. The average Bonchev–Trinajstić information content (AvgIpc) is 2.36. The van der Waals surface area contributed by atoms with Crippen LogP contribution >= 0.6 is 0 Å². The Morgan fingerprint density at radius 2 is 2.21 bits per heavy atom. The lowest BCUT2D eigenvalue weighted by atomic mass is 10.1. The van der Waals surface area contributed by atoms with Gasteiger partial charge in [0.05, 0.1) is 11.4 Å². The predicted octanol–water partition coefficient (Wildman–Crippen LogP) is 2.40. The van der Waals surface area contributed by atoms with E-state index in [2.05, 4.69) is 15.3 Å². The van der Waals surface area contributed by atoms with Crippen LogP contribution in [0.3, 0.4) is 0 Å². The van der Waals surface area contributed by atoms with Gasteiger partial charge in [-0.15, -0.1) is 0 Å². The summed E-state index contributed by atoms with van der Waals surface area (Å²) >= 11 is 0. The number of hydrogen-bond donors (Lipinski definition) is 2. The number of aryl methyl sites for hydroxylation is 2. The minimum Gasteiger partial charge on any atom is -0.478 e. The Kier molecular flexibility index (Phi) is 3.75. The van der Waals surface area contributed by atoms with Crippen LogP contribution in [-0.2, 0) is 6.54 Å². The van der Waals surface area contributed by atoms with Crippen molar-refractivity contribution < 1.29 is 9.90 Å². The van der Waals surface area contributed by atoms with Crippen molar-refractivity contribution >= 4 is 11.7 Å². The molecule has 5 nitrogen and oxygen atoms in total. The van der Waals surface area contributed by atoms with Crippen LogP contribution < -0.4 is 5.32 Å². The Hall–Kier alpha value is -2.43. The second kappa shape index (κ2) is 5.48. The van der Waals surface area contributed by atoms with E-state index in [0.29, 0.717) is 17.9 Å². The van der Waals surface area contributed by atoms with Gasteiger partial charge in [-0.1, -0.05) is 6.07 Å². The fourth-order valence-corrected chi connectivity index (χ4v) is 1.94. The minimum atomic E-state index is -0.973. The van der Waals surface area contributed by atoms with Crippen LogP contribution in [0.2, 0.25) is 0 Å². The number of nitrogens with zero attached hydrogens (tertiary/aromatic N) is 2. The number of anilines is 1. The largest absolute Gasteiger partial charge is 0.478 e. The van der Waals surface area contributed by atoms with Crippen LogP contribution in [0.4, 0.5) is 5.69 Å². The molecule has 5 heteroatoms. The molecule has 0 amide bonds. The van der Waals surface area contributed by atoms with Crippen LogP contribution in [0.5, 0.6) is 0 Å². The molecule has 0 aliphatic rings. The molecule has 0 bridgehead atoms. The topological polar surface area (TPSA) is 75.1 Å². The number of carboxylic acid groups (broad SMARTS) is 1. The highest BCUT2D eigenvalue weighted by Crippen LogP contribution is 2.20. The van der Waals surface area contributed by atoms with Gasteiger partial charge in [0.25, 0.3) is 0 Å². The van der Waals surface area contributed by atoms with Gasteiger partial charge in [0.1, 0.15) is 5.56 Å². The molecule has 0 aromatic carbocycles. The summed E-state index contributed by atoms with van der Waals surface area (Å²) in [4.78, 5) is 19.5. The lowest BCUT2D eigenvalue weighted by molar-refractivity contribution is 0.0696. The Bertz CT molecular complexity index is 597. The Labute approximate surface area is 111 Å². The zero-order valence-electron chi connectivity index (χ0n) is 10.8. The molecular weight excluding hydrogens is 242 g/mol. The summed E-state index contributed by atoms with van der Waals surface area (Å²) in [5, 5.41) is 12.4. The standard InChI is InChI=1S/C14H15N3O2/c1-9-6-12(13(14(18)19)10(2)17-9)16-8-11-4-3-5-15-7-11/h3-7H,8H2,1-2H3,(H,16,17)(H,18,19). The van der Waals surface area contributed by atoms with Crippen molar-refractivity contribution in [2.24, 2.45) is 0 Å². The monoisotopic (exact) mass is 257 g/mol. The molecule has 0 aliphatic carbocycles. The van der Waals surface area contributed by atoms with Crippen molar-refractivity contribution in [1.82, 2.24) is 9.97 Å². The van der Waals surface area contributed by atoms with Crippen LogP contribution in [0.15, 0.2) is 30.6 Å². The number of carboxylic acids is 1. The molecule has 0 unspecified atom stereocenters. The SMILES string of the molecule is Cc1cc(NCc2cccnc2)c(C(=O)O)c(C)n1. The zero-order valence-corrected chi connectivity index (χ0v) is 10.8. The Balaban J connectivity index is 2.27. The molecule has 0 aliphatic heterocycles. The van der Waals surface area contributed by atoms with Crippen LogP contribution in [0, 0.1) is 13.8 Å². The molecule has 0 saturated heterocycles. The van der Waals surface area contributed by atoms with E-state index in [0.717, 1.165) is 11.3 Å². The quantitative estimate of drug-likeness (QED) is 0.879. The molecule has 19 heavy (non-hydrogen) atoms. The Morgan fingerprint density at radius 3 is 2.84 bits per heavy atom. The molecule has 2 aromatic heterocycles. The molecule has 2 rings (SSSR count). The van der Waals surface area contributed by atoms with Gasteiger partial charge in [0.15, 0.2) is 0 Å². The summed E-state index contributed by atoms with van der Waals surface area (Å²) in [5.41, 5.74) is 3.10. The maximum atomic E-state index is 11.3. The van der Waals surface area contributed by atoms with Crippen molar-refractivity contribution in [2.45, 2.75) is 20.4 Å². The third-order valence-electron chi connectivity index (χ3n) is 2.75. The first-order valence-electron chi connectivity index (χ1n) is 5.92. The van der Waals surface area contributed by atoms with Gasteiger partial charge in [0, 0.05) is 24.6 Å². The second-order valence-electron chi connectivity index (χ2n) is 4.29. The highest BCUT2D eigenvalue weighted by Gasteiger charge is 2.15. The minimum absolute atomic E-state index is 0.217. The highest BCUT2D eigenvalue weighted by atomic mass is 16.4. The van der Waals surface area contributed by atoms with E-state index in [1.54, 1.807) is 25.4 Å². The van der Waals surface area contributed by atoms with E-state index < -0.39 is 5.97 Å². The first kappa shape index (κ1) is 13.0. The highest BCUT2D eigenvalue weighted by molar-refractivity contribution is 5.95. The van der Waals surface area contributed by atoms with Gasteiger partial charge in [0.2, 0.25) is 0 Å². The molecule has 2 heterocycles. The van der Waals surface area contributed by atoms with E-state index in [9.17, 15) is 9.90 Å². The number of aromatic carboxylic acids is 1. The summed E-state index contributed by atoms with van der Waals surface area (Å²) in [7, 11) is 0. The molecule has 2 N–H and O–H groups in total. The van der Waals surface area contributed by atoms with Gasteiger partial charge < -0.3 is 10.4 Å². The normalized spacial score (nSPS) is 10.2. The number of aromatic nitrogens is 2. The van der Waals surface area contributed by atoms with E-state index in [1.807, 2.05) is 19.1 Å². The van der Waals surface area contributed by atoms with Crippen molar-refractivity contribution in [2.75, 3.05) is 5.32 Å². The molecule has 0 fully saturated rings. The van der Waals surface area contributed by atoms with E-state index >= 15 is 0 Å². The van der Waals surface area contributed by atoms with Crippen molar-refractivity contribution in [1.29, 1.82) is 0 Å². The first-order chi connectivity index (χ1) is 9.08. The number of carbonyl (C=O) groups is 1. The molecule has 0 radical (unpaired) electrons. The van der Waals surface area contributed by atoms with Crippen molar-refractivity contribution in [3.05, 3.63) is 53.1 Å². The third-order valence-corrected chi connectivity index (χ3v) is 2.75. The number of rotatable bonds is 4. The van der Waals surface area contributed by atoms with E-state index in [4.69, 9.17) is 0 Å². The zero-order chi connectivity index (χ0) is 13.8. The van der Waals surface area contributed by atoms with E-state index in [-0.39, 0.29) is 5.56 Å². The van der Waals surface area contributed by atoms with Crippen molar-refractivity contribution in [3.63, 3.8) is 0 Å². The summed E-state index contributed by atoms with van der Waals surface area (Å²) in [6.45, 7) is 4.07. The third kappa shape index (κ3) is 3.07. The first-order valence-corrected chi connectivity index (χ1v) is 5.92.